The highest BCUT2D eigenvalue weighted by molar-refractivity contribution is 6.15. The van der Waals surface area contributed by atoms with Crippen LogP contribution in [-0.2, 0) is 29.3 Å². The maximum Gasteiger partial charge on any atom is 0.374 e. The third-order valence-corrected chi connectivity index (χ3v) is 4.50. The average molecular weight is 561 g/mol. The molecule has 0 bridgehead atoms. The van der Waals surface area contributed by atoms with Gasteiger partial charge < -0.3 is 4.74 Å². The van der Waals surface area contributed by atoms with Crippen LogP contribution in [0.5, 0.6) is 5.75 Å². The van der Waals surface area contributed by atoms with Crippen molar-refractivity contribution in [3.05, 3.63) is 64.2 Å². The van der Waals surface area contributed by atoms with E-state index in [0.717, 1.165) is 12.1 Å². The summed E-state index contributed by atoms with van der Waals surface area (Å²) in [5, 5.41) is 0. The molecule has 0 aliphatic carbocycles. The molecule has 0 aliphatic rings. The summed E-state index contributed by atoms with van der Waals surface area (Å²) in [6.45, 7) is 14.6. The van der Waals surface area contributed by atoms with Crippen molar-refractivity contribution in [1.82, 2.24) is 0 Å². The van der Waals surface area contributed by atoms with Crippen molar-refractivity contribution >= 4 is 23.7 Å². The van der Waals surface area contributed by atoms with E-state index in [2.05, 4.69) is 0 Å². The van der Waals surface area contributed by atoms with Gasteiger partial charge in [0.25, 0.3) is 0 Å². The van der Waals surface area contributed by atoms with Crippen LogP contribution >= 0.6 is 0 Å². The molecule has 0 heterocycles. The number of methoxy groups -OCH3 is 1. The van der Waals surface area contributed by atoms with Crippen molar-refractivity contribution in [2.45, 2.75) is 79.1 Å². The Morgan fingerprint density at radius 2 is 0.925 bits per heavy atom. The van der Waals surface area contributed by atoms with Crippen LogP contribution < -0.4 is 4.74 Å². The molecule has 0 amide bonds. The van der Waals surface area contributed by atoms with Crippen molar-refractivity contribution in [3.63, 3.8) is 0 Å². The largest absolute Gasteiger partial charge is 0.497 e. The molecule has 11 nitrogen and oxygen atoms in total. The van der Waals surface area contributed by atoms with Crippen LogP contribution in [0.3, 0.4) is 0 Å². The highest BCUT2D eigenvalue weighted by atomic mass is 17.2. The van der Waals surface area contributed by atoms with E-state index in [1.54, 1.807) is 74.4 Å². The molecule has 40 heavy (non-hydrogen) atoms. The quantitative estimate of drug-likeness (QED) is 0.216. The van der Waals surface area contributed by atoms with Gasteiger partial charge in [-0.2, -0.15) is 14.7 Å². The summed E-state index contributed by atoms with van der Waals surface area (Å²) >= 11 is 0. The molecule has 0 saturated carbocycles. The molecular weight excluding hydrogens is 524 g/mol. The molecule has 2 aromatic carbocycles. The second kappa shape index (κ2) is 12.6. The van der Waals surface area contributed by atoms with Crippen molar-refractivity contribution in [2.24, 2.45) is 0 Å². The topological polar surface area (TPSA) is 133 Å². The molecular formula is C29H36O11. The molecule has 0 aromatic heterocycles. The Hall–Kier alpha value is -3.80. The van der Waals surface area contributed by atoms with E-state index in [4.69, 9.17) is 34.1 Å². The number of carbonyl (C=O) groups excluding carboxylic acids is 4. The van der Waals surface area contributed by atoms with Crippen LogP contribution in [0.15, 0.2) is 36.4 Å². The fraction of sp³-hybridized carbons (Fsp3) is 0.448. The van der Waals surface area contributed by atoms with Gasteiger partial charge in [-0.05, 0) is 98.7 Å². The van der Waals surface area contributed by atoms with Crippen LogP contribution in [0.2, 0.25) is 0 Å². The molecule has 0 saturated heterocycles. The van der Waals surface area contributed by atoms with E-state index in [-0.39, 0.29) is 11.1 Å². The van der Waals surface area contributed by atoms with Gasteiger partial charge in [-0.3, -0.25) is 19.5 Å². The second-order valence-corrected chi connectivity index (χ2v) is 11.7. The number of ketones is 1. The predicted molar refractivity (Wildman–Crippen MR) is 142 cm³/mol. The van der Waals surface area contributed by atoms with Gasteiger partial charge in [-0.15, -0.1) is 0 Å². The van der Waals surface area contributed by atoms with Gasteiger partial charge in [0, 0.05) is 11.1 Å². The van der Waals surface area contributed by atoms with E-state index in [1.807, 2.05) is 0 Å². The number of hydrogen-bond acceptors (Lipinski definition) is 11. The molecule has 0 aliphatic heterocycles. The lowest BCUT2D eigenvalue weighted by molar-refractivity contribution is -0.303. The lowest BCUT2D eigenvalue weighted by Crippen LogP contribution is -2.28. The van der Waals surface area contributed by atoms with Crippen molar-refractivity contribution in [1.29, 1.82) is 0 Å². The van der Waals surface area contributed by atoms with Gasteiger partial charge in [-0.1, -0.05) is 0 Å². The number of ether oxygens (including phenoxy) is 1. The Bertz CT molecular complexity index is 1190. The summed E-state index contributed by atoms with van der Waals surface area (Å²) in [7, 11) is 1.48. The maximum atomic E-state index is 13.4. The number of carbonyl (C=O) groups is 4. The van der Waals surface area contributed by atoms with Crippen LogP contribution in [0.1, 0.15) is 109 Å². The van der Waals surface area contributed by atoms with Crippen molar-refractivity contribution in [2.75, 3.05) is 7.11 Å². The monoisotopic (exact) mass is 560 g/mol. The zero-order valence-electron chi connectivity index (χ0n) is 24.5. The average Bonchev–Trinajstić information content (AvgIpc) is 2.86. The third kappa shape index (κ3) is 9.74. The fourth-order valence-corrected chi connectivity index (χ4v) is 2.84. The Morgan fingerprint density at radius 3 is 1.27 bits per heavy atom. The predicted octanol–water partition coefficient (Wildman–Crippen LogP) is 5.59. The van der Waals surface area contributed by atoms with Crippen LogP contribution in [0, 0.1) is 0 Å². The fourth-order valence-electron chi connectivity index (χ4n) is 2.84. The lowest BCUT2D eigenvalue weighted by atomic mass is 9.93. The van der Waals surface area contributed by atoms with Gasteiger partial charge in [-0.25, -0.2) is 14.4 Å². The first kappa shape index (κ1) is 32.4. The Balaban J connectivity index is 2.74. The second-order valence-electron chi connectivity index (χ2n) is 11.7. The summed E-state index contributed by atoms with van der Waals surface area (Å²) in [6, 6.07) is 8.33. The third-order valence-electron chi connectivity index (χ3n) is 4.50. The van der Waals surface area contributed by atoms with Crippen LogP contribution in [-0.4, -0.2) is 47.6 Å². The molecule has 0 spiro atoms. The molecule has 11 heteroatoms. The molecule has 0 radical (unpaired) electrons. The number of benzene rings is 2. The Labute approximate surface area is 233 Å². The first-order valence-corrected chi connectivity index (χ1v) is 12.4. The van der Waals surface area contributed by atoms with Crippen LogP contribution in [0.4, 0.5) is 0 Å². The van der Waals surface area contributed by atoms with E-state index >= 15 is 0 Å². The minimum Gasteiger partial charge on any atom is -0.497 e. The Kier molecular flexibility index (Phi) is 10.2. The highest BCUT2D eigenvalue weighted by Crippen LogP contribution is 2.26. The van der Waals surface area contributed by atoms with Gasteiger partial charge in [0.05, 0.1) is 23.8 Å². The summed E-state index contributed by atoms with van der Waals surface area (Å²) in [4.78, 5) is 83.2. The number of hydrogen-bond donors (Lipinski definition) is 0. The normalized spacial score (nSPS) is 11.9. The standard InChI is InChI=1S/C29H36O11/c1-27(2,3)38-35-24(31)20-15-18(23(30)17-11-13-19(34-10)14-12-17)16-21(25(32)36-39-28(4,5)6)22(20)26(33)37-40-29(7,8)9/h11-16H,1-10H3. The van der Waals surface area contributed by atoms with E-state index in [1.165, 1.54) is 19.2 Å². The Morgan fingerprint density at radius 1 is 0.550 bits per heavy atom. The van der Waals surface area contributed by atoms with Crippen molar-refractivity contribution in [3.8, 4) is 5.75 Å². The lowest BCUT2D eigenvalue weighted by Gasteiger charge is -2.21. The van der Waals surface area contributed by atoms with Crippen molar-refractivity contribution < 1.29 is 53.2 Å². The first-order valence-electron chi connectivity index (χ1n) is 12.4. The molecule has 2 aromatic rings. The van der Waals surface area contributed by atoms with Gasteiger partial charge in [0.2, 0.25) is 0 Å². The number of rotatable bonds is 9. The molecule has 2 rings (SSSR count). The van der Waals surface area contributed by atoms with E-state index in [0.29, 0.717) is 5.75 Å². The SMILES string of the molecule is COc1ccc(C(=O)c2cc(C(=O)OOC(C)(C)C)c(C(=O)OOC(C)(C)C)c(C(=O)OOC(C)(C)C)c2)cc1. The minimum atomic E-state index is -1.22. The van der Waals surface area contributed by atoms with Crippen LogP contribution in [0.25, 0.3) is 0 Å². The molecule has 0 atom stereocenters. The molecule has 0 unspecified atom stereocenters. The highest BCUT2D eigenvalue weighted by Gasteiger charge is 2.33. The first-order chi connectivity index (χ1) is 18.3. The van der Waals surface area contributed by atoms with Gasteiger partial charge in [0.15, 0.2) is 5.78 Å². The van der Waals surface area contributed by atoms with E-state index in [9.17, 15) is 19.2 Å². The summed E-state index contributed by atoms with van der Waals surface area (Å²) < 4.78 is 5.13. The smallest absolute Gasteiger partial charge is 0.374 e. The maximum absolute atomic E-state index is 13.4. The summed E-state index contributed by atoms with van der Waals surface area (Å²) in [5.41, 5.74) is -4.27. The summed E-state index contributed by atoms with van der Waals surface area (Å²) in [5.74, 6) is -3.63. The zero-order valence-corrected chi connectivity index (χ0v) is 24.5. The summed E-state index contributed by atoms with van der Waals surface area (Å²) in [6.07, 6.45) is 0. The molecule has 0 fully saturated rings. The molecule has 218 valence electrons. The minimum absolute atomic E-state index is 0.135. The van der Waals surface area contributed by atoms with Gasteiger partial charge in [0.1, 0.15) is 22.6 Å². The zero-order chi connectivity index (χ0) is 30.5. The molecule has 0 N–H and O–H groups in total. The van der Waals surface area contributed by atoms with Gasteiger partial charge >= 0.3 is 17.9 Å². The van der Waals surface area contributed by atoms with E-state index < -0.39 is 57.2 Å².